The molecule has 0 amide bonds. The summed E-state index contributed by atoms with van der Waals surface area (Å²) < 4.78 is 13.0. The van der Waals surface area contributed by atoms with Gasteiger partial charge in [-0.2, -0.15) is 5.10 Å². The molecule has 7 nitrogen and oxygen atoms in total. The maximum atomic E-state index is 12.9. The molecule has 150 valence electrons. The van der Waals surface area contributed by atoms with Crippen LogP contribution in [0.25, 0.3) is 22.0 Å². The number of benzene rings is 2. The molecular weight excluding hydrogens is 440 g/mol. The number of rotatable bonds is 5. The van der Waals surface area contributed by atoms with Gasteiger partial charge in [0.25, 0.3) is 5.56 Å². The second-order valence-electron chi connectivity index (χ2n) is 6.64. The predicted octanol–water partition coefficient (Wildman–Crippen LogP) is 2.43. The third-order valence-electron chi connectivity index (χ3n) is 4.79. The molecule has 3 atom stereocenters. The molecule has 0 fully saturated rings. The highest BCUT2D eigenvalue weighted by atomic mass is 79.9. The number of ether oxygens (including phenoxy) is 2. The van der Waals surface area contributed by atoms with Crippen molar-refractivity contribution in [2.75, 3.05) is 6.61 Å². The average Bonchev–Trinajstić information content (AvgIpc) is 2.75. The first-order valence-corrected chi connectivity index (χ1v) is 9.86. The molecule has 2 aromatic carbocycles. The SMILES string of the molecule is O=c1c2ccccc2c(-c2ccc(Br)cc2)nn1CO[C@@H]1C=CO[C@H](CO)[C@@H]1O. The summed E-state index contributed by atoms with van der Waals surface area (Å²) in [5, 5.41) is 25.3. The summed E-state index contributed by atoms with van der Waals surface area (Å²) in [7, 11) is 0. The Morgan fingerprint density at radius 2 is 1.86 bits per heavy atom. The van der Waals surface area contributed by atoms with Crippen LogP contribution in [-0.2, 0) is 16.2 Å². The van der Waals surface area contributed by atoms with Gasteiger partial charge in [0.1, 0.15) is 25.0 Å². The van der Waals surface area contributed by atoms with Gasteiger partial charge >= 0.3 is 0 Å². The number of nitrogens with zero attached hydrogens (tertiary/aromatic N) is 2. The molecule has 0 bridgehead atoms. The van der Waals surface area contributed by atoms with E-state index in [1.807, 2.05) is 36.4 Å². The van der Waals surface area contributed by atoms with E-state index in [1.165, 1.54) is 10.9 Å². The van der Waals surface area contributed by atoms with Crippen molar-refractivity contribution < 1.29 is 19.7 Å². The lowest BCUT2D eigenvalue weighted by molar-refractivity contribution is -0.117. The van der Waals surface area contributed by atoms with Crippen LogP contribution in [0.15, 0.2) is 70.1 Å². The van der Waals surface area contributed by atoms with Crippen LogP contribution in [-0.4, -0.2) is 44.9 Å². The van der Waals surface area contributed by atoms with E-state index in [4.69, 9.17) is 9.47 Å². The van der Waals surface area contributed by atoms with Crippen molar-refractivity contribution >= 4 is 26.7 Å². The van der Waals surface area contributed by atoms with Crippen molar-refractivity contribution in [3.05, 3.63) is 75.7 Å². The molecule has 2 heterocycles. The first-order valence-electron chi connectivity index (χ1n) is 9.07. The van der Waals surface area contributed by atoms with E-state index in [0.29, 0.717) is 11.1 Å². The van der Waals surface area contributed by atoms with E-state index in [-0.39, 0.29) is 18.9 Å². The van der Waals surface area contributed by atoms with Crippen LogP contribution in [0.1, 0.15) is 0 Å². The van der Waals surface area contributed by atoms with Gasteiger partial charge in [-0.1, -0.05) is 46.3 Å². The molecule has 8 heteroatoms. The number of hydrogen-bond donors (Lipinski definition) is 2. The Labute approximate surface area is 174 Å². The first kappa shape index (κ1) is 19.8. The second-order valence-corrected chi connectivity index (χ2v) is 7.56. The Balaban J connectivity index is 1.70. The van der Waals surface area contributed by atoms with E-state index in [0.717, 1.165) is 15.4 Å². The summed E-state index contributed by atoms with van der Waals surface area (Å²) in [6.07, 6.45) is 0.370. The van der Waals surface area contributed by atoms with Crippen molar-refractivity contribution in [2.24, 2.45) is 0 Å². The van der Waals surface area contributed by atoms with Crippen LogP contribution in [0.3, 0.4) is 0 Å². The summed E-state index contributed by atoms with van der Waals surface area (Å²) in [4.78, 5) is 12.9. The maximum absolute atomic E-state index is 12.9. The van der Waals surface area contributed by atoms with Crippen LogP contribution in [0.5, 0.6) is 0 Å². The fourth-order valence-corrected chi connectivity index (χ4v) is 3.50. The number of fused-ring (bicyclic) bond motifs is 1. The van der Waals surface area contributed by atoms with Gasteiger partial charge in [0.15, 0.2) is 0 Å². The highest BCUT2D eigenvalue weighted by Gasteiger charge is 2.30. The fraction of sp³-hybridized carbons (Fsp3) is 0.238. The topological polar surface area (TPSA) is 93.8 Å². The first-order chi connectivity index (χ1) is 14.1. The molecular formula is C21H19BrN2O5. The van der Waals surface area contributed by atoms with Crippen molar-refractivity contribution in [3.8, 4) is 11.3 Å². The van der Waals surface area contributed by atoms with Gasteiger partial charge in [0.2, 0.25) is 0 Å². The molecule has 4 rings (SSSR count). The standard InChI is InChI=1S/C21H19BrN2O5/c22-14-7-5-13(6-8-14)19-15-3-1-2-4-16(15)21(27)24(23-19)12-29-17-9-10-28-18(11-25)20(17)26/h1-10,17-18,20,25-26H,11-12H2/t17-,18-,20-/m1/s1. The number of aliphatic hydroxyl groups excluding tert-OH is 2. The van der Waals surface area contributed by atoms with E-state index in [9.17, 15) is 15.0 Å². The van der Waals surface area contributed by atoms with Gasteiger partial charge < -0.3 is 19.7 Å². The average molecular weight is 459 g/mol. The Bertz CT molecular complexity index is 1100. The number of halogens is 1. The summed E-state index contributed by atoms with van der Waals surface area (Å²) in [5.41, 5.74) is 1.24. The van der Waals surface area contributed by atoms with E-state index < -0.39 is 18.3 Å². The molecule has 1 aliphatic heterocycles. The molecule has 29 heavy (non-hydrogen) atoms. The van der Waals surface area contributed by atoms with Crippen molar-refractivity contribution in [3.63, 3.8) is 0 Å². The monoisotopic (exact) mass is 458 g/mol. The van der Waals surface area contributed by atoms with Crippen LogP contribution in [0.2, 0.25) is 0 Å². The minimum absolute atomic E-state index is 0.155. The van der Waals surface area contributed by atoms with E-state index >= 15 is 0 Å². The molecule has 0 radical (unpaired) electrons. The largest absolute Gasteiger partial charge is 0.493 e. The third kappa shape index (κ3) is 3.97. The Hall–Kier alpha value is -2.52. The Morgan fingerprint density at radius 3 is 2.59 bits per heavy atom. The zero-order valence-corrected chi connectivity index (χ0v) is 16.9. The number of hydrogen-bond acceptors (Lipinski definition) is 6. The Kier molecular flexibility index (Phi) is 5.77. The zero-order valence-electron chi connectivity index (χ0n) is 15.3. The van der Waals surface area contributed by atoms with E-state index in [1.54, 1.807) is 18.2 Å². The van der Waals surface area contributed by atoms with Gasteiger partial charge in [-0.05, 0) is 24.3 Å². The summed E-state index contributed by atoms with van der Waals surface area (Å²) in [5.74, 6) is 0. The van der Waals surface area contributed by atoms with Crippen LogP contribution in [0, 0.1) is 0 Å². The number of aliphatic hydroxyl groups is 2. The molecule has 0 spiro atoms. The van der Waals surface area contributed by atoms with Gasteiger partial charge in [0.05, 0.1) is 23.9 Å². The molecule has 0 aliphatic carbocycles. The smallest absolute Gasteiger partial charge is 0.276 e. The molecule has 3 aromatic rings. The van der Waals surface area contributed by atoms with Gasteiger partial charge in [0, 0.05) is 15.4 Å². The minimum atomic E-state index is -1.05. The van der Waals surface area contributed by atoms with Gasteiger partial charge in [-0.25, -0.2) is 4.68 Å². The van der Waals surface area contributed by atoms with Gasteiger partial charge in [-0.3, -0.25) is 4.79 Å². The lowest BCUT2D eigenvalue weighted by atomic mass is 10.1. The highest BCUT2D eigenvalue weighted by Crippen LogP contribution is 2.26. The highest BCUT2D eigenvalue weighted by molar-refractivity contribution is 9.10. The van der Waals surface area contributed by atoms with Crippen molar-refractivity contribution in [1.82, 2.24) is 9.78 Å². The molecule has 0 saturated carbocycles. The fourth-order valence-electron chi connectivity index (χ4n) is 3.24. The minimum Gasteiger partial charge on any atom is -0.493 e. The van der Waals surface area contributed by atoms with Gasteiger partial charge in [-0.15, -0.1) is 0 Å². The van der Waals surface area contributed by atoms with Crippen LogP contribution in [0.4, 0.5) is 0 Å². The molecule has 1 aromatic heterocycles. The summed E-state index contributed by atoms with van der Waals surface area (Å²) >= 11 is 3.43. The summed E-state index contributed by atoms with van der Waals surface area (Å²) in [6.45, 7) is -0.495. The maximum Gasteiger partial charge on any atom is 0.276 e. The van der Waals surface area contributed by atoms with Crippen molar-refractivity contribution in [2.45, 2.75) is 25.0 Å². The second kappa shape index (κ2) is 8.46. The lowest BCUT2D eigenvalue weighted by Crippen LogP contribution is -2.44. The normalized spacial score (nSPS) is 21.3. The van der Waals surface area contributed by atoms with Crippen LogP contribution < -0.4 is 5.56 Å². The number of aromatic nitrogens is 2. The van der Waals surface area contributed by atoms with Crippen molar-refractivity contribution in [1.29, 1.82) is 0 Å². The third-order valence-corrected chi connectivity index (χ3v) is 5.32. The quantitative estimate of drug-likeness (QED) is 0.609. The Morgan fingerprint density at radius 1 is 1.14 bits per heavy atom. The molecule has 1 aliphatic rings. The van der Waals surface area contributed by atoms with Crippen LogP contribution >= 0.6 is 15.9 Å². The lowest BCUT2D eigenvalue weighted by Gasteiger charge is -2.29. The summed E-state index contributed by atoms with van der Waals surface area (Å²) in [6, 6.07) is 15.0. The molecule has 0 unspecified atom stereocenters. The predicted molar refractivity (Wildman–Crippen MR) is 111 cm³/mol. The van der Waals surface area contributed by atoms with E-state index in [2.05, 4.69) is 21.0 Å². The zero-order chi connectivity index (χ0) is 20.4. The molecule has 0 saturated heterocycles. The molecule has 2 N–H and O–H groups in total.